The molecule has 0 spiro atoms. The number of rotatable bonds is 4. The minimum absolute atomic E-state index is 0.0362. The Morgan fingerprint density at radius 2 is 1.17 bits per heavy atom. The van der Waals surface area contributed by atoms with Crippen molar-refractivity contribution < 1.29 is 0 Å². The van der Waals surface area contributed by atoms with Crippen LogP contribution in [0.15, 0.2) is 96.6 Å². The molecular formula is C45H47N. The van der Waals surface area contributed by atoms with E-state index in [0.29, 0.717) is 0 Å². The molecule has 0 fully saturated rings. The fourth-order valence-electron chi connectivity index (χ4n) is 8.60. The highest BCUT2D eigenvalue weighted by Gasteiger charge is 2.43. The van der Waals surface area contributed by atoms with Gasteiger partial charge in [-0.2, -0.15) is 0 Å². The van der Waals surface area contributed by atoms with Gasteiger partial charge in [0.15, 0.2) is 0 Å². The molecule has 46 heavy (non-hydrogen) atoms. The number of hydrogen-bond donors (Lipinski definition) is 0. The molecule has 0 aromatic heterocycles. The summed E-state index contributed by atoms with van der Waals surface area (Å²) in [4.78, 5) is 2.52. The Hall–Kier alpha value is -4.36. The molecule has 5 aromatic rings. The Labute approximate surface area is 276 Å². The summed E-state index contributed by atoms with van der Waals surface area (Å²) in [6, 6.07) is 30.4. The van der Waals surface area contributed by atoms with Gasteiger partial charge in [-0.25, -0.2) is 0 Å². The SMILES string of the molecule is C/C=C1\C(=C/CC)c2cc3c(cc2C1(C)C)-c1c(cc(N(c2ccc(C)cc2C)c2ccc(C)cc2C)c2ccccc12)C3(C)C. The van der Waals surface area contributed by atoms with E-state index in [9.17, 15) is 0 Å². The molecular weight excluding hydrogens is 555 g/mol. The molecule has 1 heteroatoms. The summed E-state index contributed by atoms with van der Waals surface area (Å²) >= 11 is 0. The Balaban J connectivity index is 1.56. The fourth-order valence-corrected chi connectivity index (χ4v) is 8.60. The first kappa shape index (κ1) is 30.3. The van der Waals surface area contributed by atoms with E-state index in [1.54, 1.807) is 0 Å². The predicted molar refractivity (Wildman–Crippen MR) is 200 cm³/mol. The lowest BCUT2D eigenvalue weighted by molar-refractivity contribution is 0.651. The molecule has 0 saturated carbocycles. The van der Waals surface area contributed by atoms with Gasteiger partial charge in [-0.3, -0.25) is 0 Å². The zero-order chi connectivity index (χ0) is 32.7. The number of anilines is 3. The molecule has 5 aromatic carbocycles. The van der Waals surface area contributed by atoms with Crippen molar-refractivity contribution in [1.29, 1.82) is 0 Å². The van der Waals surface area contributed by atoms with Crippen LogP contribution in [0.5, 0.6) is 0 Å². The molecule has 0 atom stereocenters. The summed E-state index contributed by atoms with van der Waals surface area (Å²) in [5.74, 6) is 0. The van der Waals surface area contributed by atoms with Crippen LogP contribution in [-0.2, 0) is 10.8 Å². The van der Waals surface area contributed by atoms with E-state index in [1.807, 2.05) is 0 Å². The maximum absolute atomic E-state index is 2.55. The van der Waals surface area contributed by atoms with Crippen molar-refractivity contribution in [3.05, 3.63) is 141 Å². The first-order valence-electron chi connectivity index (χ1n) is 17.0. The number of hydrogen-bond acceptors (Lipinski definition) is 1. The van der Waals surface area contributed by atoms with E-state index < -0.39 is 0 Å². The average Bonchev–Trinajstić information content (AvgIpc) is 3.36. The third kappa shape index (κ3) is 4.28. The van der Waals surface area contributed by atoms with Crippen LogP contribution in [0.4, 0.5) is 17.1 Å². The summed E-state index contributed by atoms with van der Waals surface area (Å²) < 4.78 is 0. The third-order valence-corrected chi connectivity index (χ3v) is 10.8. The van der Waals surface area contributed by atoms with Gasteiger partial charge in [-0.1, -0.05) is 106 Å². The molecule has 7 rings (SSSR count). The van der Waals surface area contributed by atoms with Gasteiger partial charge in [0.05, 0.1) is 5.69 Å². The smallest absolute Gasteiger partial charge is 0.0543 e. The minimum Gasteiger partial charge on any atom is -0.309 e. The molecule has 0 unspecified atom stereocenters. The number of benzene rings is 5. The summed E-state index contributed by atoms with van der Waals surface area (Å²) in [7, 11) is 0. The molecule has 0 radical (unpaired) electrons. The van der Waals surface area contributed by atoms with Crippen molar-refractivity contribution >= 4 is 33.4 Å². The summed E-state index contributed by atoms with van der Waals surface area (Å²) in [5.41, 5.74) is 20.0. The van der Waals surface area contributed by atoms with Crippen LogP contribution in [0.25, 0.3) is 27.5 Å². The van der Waals surface area contributed by atoms with E-state index in [1.165, 1.54) is 94.6 Å². The second-order valence-corrected chi connectivity index (χ2v) is 14.7. The van der Waals surface area contributed by atoms with Gasteiger partial charge in [0.2, 0.25) is 0 Å². The highest BCUT2D eigenvalue weighted by molar-refractivity contribution is 6.10. The van der Waals surface area contributed by atoms with Gasteiger partial charge in [0.1, 0.15) is 0 Å². The lowest BCUT2D eigenvalue weighted by Crippen LogP contribution is -2.18. The monoisotopic (exact) mass is 601 g/mol. The molecule has 232 valence electrons. The normalized spacial score (nSPS) is 17.4. The number of aryl methyl sites for hydroxylation is 4. The van der Waals surface area contributed by atoms with Crippen LogP contribution in [0.1, 0.15) is 92.5 Å². The third-order valence-electron chi connectivity index (χ3n) is 10.8. The molecule has 0 aliphatic heterocycles. The van der Waals surface area contributed by atoms with Gasteiger partial charge in [0, 0.05) is 27.6 Å². The van der Waals surface area contributed by atoms with Gasteiger partial charge < -0.3 is 4.90 Å². The molecule has 0 bridgehead atoms. The molecule has 0 amide bonds. The molecule has 2 aliphatic carbocycles. The largest absolute Gasteiger partial charge is 0.309 e. The second kappa shape index (κ2) is 10.6. The zero-order valence-electron chi connectivity index (χ0n) is 29.3. The van der Waals surface area contributed by atoms with Gasteiger partial charge >= 0.3 is 0 Å². The van der Waals surface area contributed by atoms with Gasteiger partial charge in [-0.05, 0) is 132 Å². The highest BCUT2D eigenvalue weighted by Crippen LogP contribution is 2.59. The maximum Gasteiger partial charge on any atom is 0.0543 e. The van der Waals surface area contributed by atoms with Crippen LogP contribution >= 0.6 is 0 Å². The molecule has 2 aliphatic rings. The second-order valence-electron chi connectivity index (χ2n) is 14.7. The molecule has 1 nitrogen and oxygen atoms in total. The lowest BCUT2D eigenvalue weighted by atomic mass is 9.79. The van der Waals surface area contributed by atoms with Gasteiger partial charge in [0.25, 0.3) is 0 Å². The Kier molecular flexibility index (Phi) is 6.98. The summed E-state index contributed by atoms with van der Waals surface area (Å²) in [6.45, 7) is 23.0. The average molecular weight is 602 g/mol. The van der Waals surface area contributed by atoms with Crippen molar-refractivity contribution in [2.24, 2.45) is 0 Å². The van der Waals surface area contributed by atoms with Crippen LogP contribution in [0.2, 0.25) is 0 Å². The quantitative estimate of drug-likeness (QED) is 0.198. The topological polar surface area (TPSA) is 3.24 Å². The van der Waals surface area contributed by atoms with Crippen molar-refractivity contribution in [1.82, 2.24) is 0 Å². The van der Waals surface area contributed by atoms with Crippen molar-refractivity contribution in [3.63, 3.8) is 0 Å². The number of fused-ring (bicyclic) bond motifs is 6. The summed E-state index contributed by atoms with van der Waals surface area (Å²) in [5, 5.41) is 2.61. The van der Waals surface area contributed by atoms with Crippen LogP contribution in [-0.4, -0.2) is 0 Å². The van der Waals surface area contributed by atoms with Crippen molar-refractivity contribution in [3.8, 4) is 11.1 Å². The Morgan fingerprint density at radius 3 is 1.74 bits per heavy atom. The highest BCUT2D eigenvalue weighted by atomic mass is 15.1. The van der Waals surface area contributed by atoms with E-state index >= 15 is 0 Å². The van der Waals surface area contributed by atoms with E-state index in [2.05, 4.69) is 165 Å². The Bertz CT molecular complexity index is 2080. The molecule has 0 saturated heterocycles. The van der Waals surface area contributed by atoms with Crippen LogP contribution in [0, 0.1) is 27.7 Å². The lowest BCUT2D eigenvalue weighted by Gasteiger charge is -2.32. The Morgan fingerprint density at radius 1 is 0.609 bits per heavy atom. The van der Waals surface area contributed by atoms with E-state index in [0.717, 1.165) is 6.42 Å². The fraction of sp³-hybridized carbons (Fsp3) is 0.289. The van der Waals surface area contributed by atoms with Crippen LogP contribution < -0.4 is 4.90 Å². The number of nitrogens with zero attached hydrogens (tertiary/aromatic N) is 1. The van der Waals surface area contributed by atoms with Crippen molar-refractivity contribution in [2.45, 2.75) is 86.5 Å². The summed E-state index contributed by atoms with van der Waals surface area (Å²) in [6.07, 6.45) is 5.80. The number of allylic oxidation sites excluding steroid dienone is 4. The molecule has 0 heterocycles. The zero-order valence-corrected chi connectivity index (χ0v) is 29.3. The first-order valence-corrected chi connectivity index (χ1v) is 17.0. The molecule has 0 N–H and O–H groups in total. The van der Waals surface area contributed by atoms with E-state index in [4.69, 9.17) is 0 Å². The maximum atomic E-state index is 2.55. The van der Waals surface area contributed by atoms with Crippen LogP contribution in [0.3, 0.4) is 0 Å². The first-order chi connectivity index (χ1) is 21.9. The standard InChI is InChI=1S/C45H47N/c1-11-15-31-34-24-38-35(25-37(34)44(7,8)36(31)12-2)43-33-17-14-13-16-32(33)42(26-39(43)45(38,9)10)46(40-20-18-27(3)22-29(40)5)41-21-19-28(4)23-30(41)6/h12-26H,11H2,1-10H3/b31-15-,36-12+. The minimum atomic E-state index is -0.158. The van der Waals surface area contributed by atoms with E-state index in [-0.39, 0.29) is 10.8 Å². The van der Waals surface area contributed by atoms with Gasteiger partial charge in [-0.15, -0.1) is 0 Å². The predicted octanol–water partition coefficient (Wildman–Crippen LogP) is 12.9. The van der Waals surface area contributed by atoms with Crippen molar-refractivity contribution in [2.75, 3.05) is 4.90 Å².